The number of aliphatic hydroxyl groups is 1. The van der Waals surface area contributed by atoms with Crippen LogP contribution < -0.4 is 20.5 Å². The fraction of sp³-hybridized carbons (Fsp3) is 0.333. The van der Waals surface area contributed by atoms with Crippen LogP contribution >= 0.6 is 0 Å². The Kier molecular flexibility index (Phi) is 7.18. The van der Waals surface area contributed by atoms with Gasteiger partial charge in [0.15, 0.2) is 17.5 Å². The van der Waals surface area contributed by atoms with Crippen molar-refractivity contribution in [3.05, 3.63) is 70.8 Å². The number of halogens is 6. The molecule has 1 unspecified atom stereocenters. The molecule has 242 valence electrons. The number of carbonyl (C=O) groups excluding carboxylic acids is 2. The fourth-order valence-corrected chi connectivity index (χ4v) is 5.27. The van der Waals surface area contributed by atoms with E-state index >= 15 is 0 Å². The summed E-state index contributed by atoms with van der Waals surface area (Å²) in [6.45, 7) is -0.711. The fourth-order valence-electron chi connectivity index (χ4n) is 5.27. The van der Waals surface area contributed by atoms with Crippen LogP contribution in [0.25, 0.3) is 22.2 Å². The lowest BCUT2D eigenvalue weighted by Gasteiger charge is -2.31. The highest BCUT2D eigenvalue weighted by atomic mass is 19.4. The van der Waals surface area contributed by atoms with Gasteiger partial charge in [0.25, 0.3) is 5.91 Å². The summed E-state index contributed by atoms with van der Waals surface area (Å²) in [5, 5.41) is 18.2. The third-order valence-electron chi connectivity index (χ3n) is 8.27. The Morgan fingerprint density at radius 2 is 1.83 bits per heavy atom. The van der Waals surface area contributed by atoms with Crippen molar-refractivity contribution in [2.24, 2.45) is 5.73 Å². The van der Waals surface area contributed by atoms with Crippen molar-refractivity contribution >= 4 is 22.7 Å². The molecule has 1 fully saturated rings. The first-order chi connectivity index (χ1) is 21.6. The number of nitrogens with zero attached hydrogens (tertiary/aromatic N) is 3. The lowest BCUT2D eigenvalue weighted by molar-refractivity contribution is -0.265. The molecule has 2 amide bonds. The number of fused-ring (bicyclic) bond motifs is 2. The molecule has 0 saturated heterocycles. The zero-order valence-corrected chi connectivity index (χ0v) is 24.1. The van der Waals surface area contributed by atoms with Gasteiger partial charge < -0.3 is 25.6 Å². The van der Waals surface area contributed by atoms with Crippen molar-refractivity contribution in [3.8, 4) is 22.8 Å². The van der Waals surface area contributed by atoms with Gasteiger partial charge in [-0.3, -0.25) is 14.3 Å². The predicted octanol–water partition coefficient (Wildman–Crippen LogP) is 4.17. The van der Waals surface area contributed by atoms with E-state index in [0.717, 1.165) is 18.9 Å². The number of hydrogen-bond donors (Lipinski definition) is 3. The molecule has 2 aromatic heterocycles. The molecule has 2 aliphatic rings. The molecule has 4 aromatic rings. The maximum Gasteiger partial charge on any atom is 0.424 e. The number of primary amides is 1. The van der Waals surface area contributed by atoms with Gasteiger partial charge >= 0.3 is 6.18 Å². The number of benzene rings is 2. The van der Waals surface area contributed by atoms with Crippen molar-refractivity contribution in [3.63, 3.8) is 0 Å². The number of nitrogens with one attached hydrogen (secondary N) is 1. The summed E-state index contributed by atoms with van der Waals surface area (Å²) in [6, 6.07) is 4.56. The second-order valence-corrected chi connectivity index (χ2v) is 11.5. The molecule has 6 rings (SSSR count). The van der Waals surface area contributed by atoms with Gasteiger partial charge in [-0.1, -0.05) is 0 Å². The number of alkyl halides is 3. The minimum absolute atomic E-state index is 0.0983. The van der Waals surface area contributed by atoms with Crippen LogP contribution in [0.3, 0.4) is 0 Å². The molecule has 0 spiro atoms. The standard InChI is InChI=1S/C30H25F6N5O5/c1-28(27(37)43)12-46-25-17(28)9-21(39-24(25)13-6-18(31)22(33)19(32)7-13)29(44,30(34,35)36)11-38-26(42)14-5-15-10-41(16-3-4-16)40-23(15)20(8-14)45-2/h5-10,16,44H,3-4,11-12H2,1-2H3,(H2,37,43)(H,38,42)/t28-,29?/m0/s1. The van der Waals surface area contributed by atoms with Gasteiger partial charge in [0.05, 0.1) is 25.4 Å². The van der Waals surface area contributed by atoms with Crippen LogP contribution in [0.15, 0.2) is 36.5 Å². The van der Waals surface area contributed by atoms with Crippen LogP contribution in [-0.2, 0) is 15.8 Å². The first-order valence-corrected chi connectivity index (χ1v) is 13.8. The molecule has 16 heteroatoms. The third kappa shape index (κ3) is 4.96. The predicted molar refractivity (Wildman–Crippen MR) is 148 cm³/mol. The van der Waals surface area contributed by atoms with Crippen LogP contribution in [0.1, 0.15) is 47.4 Å². The highest BCUT2D eigenvalue weighted by Crippen LogP contribution is 2.48. The zero-order chi connectivity index (χ0) is 33.3. The summed E-state index contributed by atoms with van der Waals surface area (Å²) in [7, 11) is 1.34. The minimum Gasteiger partial charge on any atom is -0.494 e. The third-order valence-corrected chi connectivity index (χ3v) is 8.27. The molecule has 1 saturated carbocycles. The number of rotatable bonds is 8. The summed E-state index contributed by atoms with van der Waals surface area (Å²) in [5.41, 5.74) is -2.42. The van der Waals surface area contributed by atoms with E-state index in [9.17, 15) is 41.0 Å². The van der Waals surface area contributed by atoms with E-state index in [2.05, 4.69) is 15.4 Å². The van der Waals surface area contributed by atoms with E-state index in [1.807, 2.05) is 0 Å². The van der Waals surface area contributed by atoms with Gasteiger partial charge in [-0.15, -0.1) is 0 Å². The number of aromatic nitrogens is 3. The number of carbonyl (C=O) groups is 2. The molecule has 0 bridgehead atoms. The van der Waals surface area contributed by atoms with Crippen molar-refractivity contribution in [1.29, 1.82) is 0 Å². The quantitative estimate of drug-likeness (QED) is 0.192. The summed E-state index contributed by atoms with van der Waals surface area (Å²) >= 11 is 0. The topological polar surface area (TPSA) is 142 Å². The van der Waals surface area contributed by atoms with Crippen LogP contribution in [0, 0.1) is 17.5 Å². The molecule has 0 radical (unpaired) electrons. The maximum absolute atomic E-state index is 14.7. The first-order valence-electron chi connectivity index (χ1n) is 13.8. The van der Waals surface area contributed by atoms with Crippen LogP contribution in [0.4, 0.5) is 26.3 Å². The van der Waals surface area contributed by atoms with Crippen LogP contribution in [0.2, 0.25) is 0 Å². The smallest absolute Gasteiger partial charge is 0.424 e. The Hall–Kier alpha value is -4.86. The second-order valence-electron chi connectivity index (χ2n) is 11.5. The largest absolute Gasteiger partial charge is 0.494 e. The number of pyridine rings is 1. The highest BCUT2D eigenvalue weighted by Gasteiger charge is 2.57. The summed E-state index contributed by atoms with van der Waals surface area (Å²) in [4.78, 5) is 29.4. The number of methoxy groups -OCH3 is 1. The number of nitrogens with two attached hydrogens (primary N) is 1. The van der Waals surface area contributed by atoms with Crippen molar-refractivity contribution < 1.29 is 50.5 Å². The molecular weight excluding hydrogens is 624 g/mol. The number of amides is 2. The van der Waals surface area contributed by atoms with Crippen LogP contribution in [-0.4, -0.2) is 58.1 Å². The summed E-state index contributed by atoms with van der Waals surface area (Å²) < 4.78 is 98.8. The minimum atomic E-state index is -5.51. The molecule has 1 aliphatic carbocycles. The Bertz CT molecular complexity index is 1900. The van der Waals surface area contributed by atoms with Gasteiger partial charge in [-0.05, 0) is 50.1 Å². The summed E-state index contributed by atoms with van der Waals surface area (Å²) in [6.07, 6.45) is -1.97. The molecule has 3 heterocycles. The Labute approximate surface area is 256 Å². The molecule has 10 nitrogen and oxygen atoms in total. The zero-order valence-electron chi connectivity index (χ0n) is 24.1. The first kappa shape index (κ1) is 31.1. The van der Waals surface area contributed by atoms with E-state index in [4.69, 9.17) is 15.2 Å². The van der Waals surface area contributed by atoms with Crippen LogP contribution in [0.5, 0.6) is 11.5 Å². The molecule has 2 atom stereocenters. The van der Waals surface area contributed by atoms with E-state index in [1.165, 1.54) is 26.2 Å². The van der Waals surface area contributed by atoms with E-state index < -0.39 is 76.6 Å². The average molecular weight is 650 g/mol. The van der Waals surface area contributed by atoms with E-state index in [0.29, 0.717) is 23.0 Å². The van der Waals surface area contributed by atoms with Crippen molar-refractivity contribution in [2.45, 2.75) is 43.0 Å². The number of ether oxygens (including phenoxy) is 2. The number of hydrogen-bond acceptors (Lipinski definition) is 7. The van der Waals surface area contributed by atoms with Gasteiger partial charge in [-0.2, -0.15) is 18.3 Å². The van der Waals surface area contributed by atoms with E-state index in [-0.39, 0.29) is 28.7 Å². The lowest BCUT2D eigenvalue weighted by Crippen LogP contribution is -2.51. The molecule has 46 heavy (non-hydrogen) atoms. The highest BCUT2D eigenvalue weighted by molar-refractivity contribution is 6.00. The van der Waals surface area contributed by atoms with Gasteiger partial charge in [0, 0.05) is 28.3 Å². The molecule has 2 aromatic carbocycles. The Morgan fingerprint density at radius 3 is 2.41 bits per heavy atom. The molecule has 1 aliphatic heterocycles. The Morgan fingerprint density at radius 1 is 1.15 bits per heavy atom. The van der Waals surface area contributed by atoms with Gasteiger partial charge in [0.2, 0.25) is 11.5 Å². The SMILES string of the molecule is COc1cc(C(=O)NCC(O)(c2cc3c(c(-c4cc(F)c(F)c(F)c4)n2)OC[C@]3(C)C(N)=O)C(F)(F)F)cc2cn(C3CC3)nc12. The summed E-state index contributed by atoms with van der Waals surface area (Å²) in [5.74, 6) is -7.40. The Balaban J connectivity index is 1.42. The van der Waals surface area contributed by atoms with Gasteiger partial charge in [0.1, 0.15) is 34.7 Å². The molecular formula is C30H25F6N5O5. The maximum atomic E-state index is 14.7. The lowest BCUT2D eigenvalue weighted by atomic mass is 9.81. The average Bonchev–Trinajstić information content (AvgIpc) is 3.67. The second kappa shape index (κ2) is 10.6. The van der Waals surface area contributed by atoms with Crippen molar-refractivity contribution in [2.75, 3.05) is 20.3 Å². The van der Waals surface area contributed by atoms with Gasteiger partial charge in [-0.25, -0.2) is 18.2 Å². The normalized spacial score (nSPS) is 19.0. The van der Waals surface area contributed by atoms with E-state index in [1.54, 1.807) is 10.9 Å². The van der Waals surface area contributed by atoms with Crippen molar-refractivity contribution in [1.82, 2.24) is 20.1 Å². The monoisotopic (exact) mass is 649 g/mol. The molecule has 4 N–H and O–H groups in total.